The number of halogens is 2. The molecule has 134 valence electrons. The standard InChI is InChI=1S/C18H15F2N3O3/c1-18(11-5-3-2-4-6-11)16(25)23(17(26)22-18)10-15(24)21-14-8-7-12(19)9-13(14)20/h2-9H,10H2,1H3,(H,21,24)(H,22,26)/t18-/m1/s1. The Hall–Kier alpha value is -3.29. The first-order valence-electron chi connectivity index (χ1n) is 7.76. The molecule has 1 fully saturated rings. The van der Waals surface area contributed by atoms with Crippen LogP contribution in [-0.2, 0) is 15.1 Å². The van der Waals surface area contributed by atoms with Gasteiger partial charge in [0.05, 0.1) is 5.69 Å². The maximum absolute atomic E-state index is 13.6. The van der Waals surface area contributed by atoms with E-state index in [1.807, 2.05) is 0 Å². The molecule has 1 aliphatic rings. The predicted octanol–water partition coefficient (Wildman–Crippen LogP) is 2.37. The number of amides is 4. The third-order valence-corrected chi connectivity index (χ3v) is 4.13. The molecule has 0 saturated carbocycles. The fourth-order valence-electron chi connectivity index (χ4n) is 2.73. The van der Waals surface area contributed by atoms with Crippen LogP contribution in [0.1, 0.15) is 12.5 Å². The highest BCUT2D eigenvalue weighted by Gasteiger charge is 2.49. The molecule has 0 bridgehead atoms. The van der Waals surface area contributed by atoms with Crippen molar-refractivity contribution in [1.29, 1.82) is 0 Å². The SMILES string of the molecule is C[C@]1(c2ccccc2)NC(=O)N(CC(=O)Nc2ccc(F)cc2F)C1=O. The van der Waals surface area contributed by atoms with Crippen LogP contribution in [0.4, 0.5) is 19.3 Å². The highest BCUT2D eigenvalue weighted by molar-refractivity contribution is 6.10. The van der Waals surface area contributed by atoms with E-state index in [1.54, 1.807) is 37.3 Å². The van der Waals surface area contributed by atoms with Crippen LogP contribution in [0.2, 0.25) is 0 Å². The molecule has 4 amide bonds. The summed E-state index contributed by atoms with van der Waals surface area (Å²) in [6.45, 7) is 0.948. The van der Waals surface area contributed by atoms with E-state index < -0.39 is 41.6 Å². The fraction of sp³-hybridized carbons (Fsp3) is 0.167. The van der Waals surface area contributed by atoms with Crippen molar-refractivity contribution < 1.29 is 23.2 Å². The van der Waals surface area contributed by atoms with Gasteiger partial charge in [-0.2, -0.15) is 0 Å². The Labute approximate surface area is 147 Å². The number of benzene rings is 2. The molecule has 2 aromatic carbocycles. The Kier molecular flexibility index (Phi) is 4.41. The third-order valence-electron chi connectivity index (χ3n) is 4.13. The lowest BCUT2D eigenvalue weighted by molar-refractivity contribution is -0.133. The minimum absolute atomic E-state index is 0.241. The van der Waals surface area contributed by atoms with E-state index in [4.69, 9.17) is 0 Å². The van der Waals surface area contributed by atoms with E-state index >= 15 is 0 Å². The van der Waals surface area contributed by atoms with Crippen molar-refractivity contribution in [2.75, 3.05) is 11.9 Å². The predicted molar refractivity (Wildman–Crippen MR) is 89.0 cm³/mol. The van der Waals surface area contributed by atoms with Crippen molar-refractivity contribution in [3.63, 3.8) is 0 Å². The smallest absolute Gasteiger partial charge is 0.322 e. The summed E-state index contributed by atoms with van der Waals surface area (Å²) < 4.78 is 26.5. The molecule has 6 nitrogen and oxygen atoms in total. The summed E-state index contributed by atoms with van der Waals surface area (Å²) in [4.78, 5) is 37.7. The van der Waals surface area contributed by atoms with E-state index in [2.05, 4.69) is 10.6 Å². The summed E-state index contributed by atoms with van der Waals surface area (Å²) in [7, 11) is 0. The van der Waals surface area contributed by atoms with Crippen molar-refractivity contribution in [3.8, 4) is 0 Å². The van der Waals surface area contributed by atoms with Crippen LogP contribution in [0.15, 0.2) is 48.5 Å². The average molecular weight is 359 g/mol. The largest absolute Gasteiger partial charge is 0.325 e. The zero-order valence-electron chi connectivity index (χ0n) is 13.8. The molecule has 1 aliphatic heterocycles. The number of rotatable bonds is 4. The zero-order valence-corrected chi connectivity index (χ0v) is 13.8. The molecule has 0 radical (unpaired) electrons. The van der Waals surface area contributed by atoms with Crippen LogP contribution in [0, 0.1) is 11.6 Å². The molecule has 3 rings (SSSR count). The highest BCUT2D eigenvalue weighted by Crippen LogP contribution is 2.28. The molecular formula is C18H15F2N3O3. The lowest BCUT2D eigenvalue weighted by Crippen LogP contribution is -2.42. The summed E-state index contributed by atoms with van der Waals surface area (Å²) in [6.07, 6.45) is 0. The second-order valence-corrected chi connectivity index (χ2v) is 5.98. The summed E-state index contributed by atoms with van der Waals surface area (Å²) >= 11 is 0. The number of anilines is 1. The Balaban J connectivity index is 1.74. The van der Waals surface area contributed by atoms with Crippen LogP contribution in [-0.4, -0.2) is 29.3 Å². The van der Waals surface area contributed by atoms with Gasteiger partial charge in [-0.1, -0.05) is 30.3 Å². The highest BCUT2D eigenvalue weighted by atomic mass is 19.1. The van der Waals surface area contributed by atoms with Crippen molar-refractivity contribution in [2.24, 2.45) is 0 Å². The first kappa shape index (κ1) is 17.5. The quantitative estimate of drug-likeness (QED) is 0.823. The lowest BCUT2D eigenvalue weighted by atomic mass is 9.92. The molecule has 1 saturated heterocycles. The van der Waals surface area contributed by atoms with Gasteiger partial charge in [-0.15, -0.1) is 0 Å². The van der Waals surface area contributed by atoms with Crippen molar-refractivity contribution in [3.05, 3.63) is 65.7 Å². The molecule has 2 N–H and O–H groups in total. The molecule has 0 spiro atoms. The number of imide groups is 1. The lowest BCUT2D eigenvalue weighted by Gasteiger charge is -2.22. The summed E-state index contributed by atoms with van der Waals surface area (Å²) in [5.74, 6) is -3.11. The van der Waals surface area contributed by atoms with Crippen molar-refractivity contribution in [2.45, 2.75) is 12.5 Å². The van der Waals surface area contributed by atoms with Crippen LogP contribution in [0.3, 0.4) is 0 Å². The van der Waals surface area contributed by atoms with Gasteiger partial charge in [-0.05, 0) is 24.6 Å². The van der Waals surface area contributed by atoms with Gasteiger partial charge in [0.25, 0.3) is 5.91 Å². The number of carbonyl (C=O) groups excluding carboxylic acids is 3. The molecule has 0 aromatic heterocycles. The molecule has 0 unspecified atom stereocenters. The Bertz CT molecular complexity index is 889. The molecule has 8 heteroatoms. The van der Waals surface area contributed by atoms with Crippen LogP contribution in [0.25, 0.3) is 0 Å². The zero-order chi connectivity index (χ0) is 18.9. The van der Waals surface area contributed by atoms with E-state index in [0.717, 1.165) is 17.0 Å². The van der Waals surface area contributed by atoms with E-state index in [9.17, 15) is 23.2 Å². The minimum Gasteiger partial charge on any atom is -0.322 e. The van der Waals surface area contributed by atoms with E-state index in [1.165, 1.54) is 0 Å². The topological polar surface area (TPSA) is 78.5 Å². The molecule has 1 heterocycles. The summed E-state index contributed by atoms with van der Waals surface area (Å²) in [5.41, 5.74) is -0.958. The second-order valence-electron chi connectivity index (χ2n) is 5.98. The number of urea groups is 1. The molecule has 2 aromatic rings. The summed E-state index contributed by atoms with van der Waals surface area (Å²) in [5, 5.41) is 4.79. The van der Waals surface area contributed by atoms with E-state index in [-0.39, 0.29) is 5.69 Å². The first-order chi connectivity index (χ1) is 12.3. The van der Waals surface area contributed by atoms with Gasteiger partial charge in [0.15, 0.2) is 0 Å². The van der Waals surface area contributed by atoms with Gasteiger partial charge in [-0.25, -0.2) is 13.6 Å². The van der Waals surface area contributed by atoms with E-state index in [0.29, 0.717) is 11.6 Å². The number of hydrogen-bond donors (Lipinski definition) is 2. The molecule has 1 atom stereocenters. The number of nitrogens with one attached hydrogen (secondary N) is 2. The normalized spacial score (nSPS) is 19.4. The molecule has 26 heavy (non-hydrogen) atoms. The van der Waals surface area contributed by atoms with Crippen LogP contribution in [0.5, 0.6) is 0 Å². The van der Waals surface area contributed by atoms with Crippen molar-refractivity contribution >= 4 is 23.5 Å². The van der Waals surface area contributed by atoms with Gasteiger partial charge < -0.3 is 10.6 Å². The van der Waals surface area contributed by atoms with Gasteiger partial charge in [-0.3, -0.25) is 14.5 Å². The fourth-order valence-corrected chi connectivity index (χ4v) is 2.73. The second kappa shape index (κ2) is 6.55. The maximum atomic E-state index is 13.6. The number of carbonyl (C=O) groups is 3. The van der Waals surface area contributed by atoms with Crippen molar-refractivity contribution in [1.82, 2.24) is 10.2 Å². The molecule has 0 aliphatic carbocycles. The van der Waals surface area contributed by atoms with Gasteiger partial charge in [0.1, 0.15) is 23.7 Å². The Morgan fingerprint density at radius 2 is 1.85 bits per heavy atom. The first-order valence-corrected chi connectivity index (χ1v) is 7.76. The van der Waals surface area contributed by atoms with Gasteiger partial charge in [0, 0.05) is 6.07 Å². The Morgan fingerprint density at radius 1 is 1.15 bits per heavy atom. The number of nitrogens with zero attached hydrogens (tertiary/aromatic N) is 1. The van der Waals surface area contributed by atoms with Crippen LogP contribution < -0.4 is 10.6 Å². The summed E-state index contributed by atoms with van der Waals surface area (Å²) in [6, 6.07) is 10.6. The van der Waals surface area contributed by atoms with Crippen LogP contribution >= 0.6 is 0 Å². The van der Waals surface area contributed by atoms with Gasteiger partial charge >= 0.3 is 6.03 Å². The minimum atomic E-state index is -1.29. The Morgan fingerprint density at radius 3 is 2.50 bits per heavy atom. The van der Waals surface area contributed by atoms with Gasteiger partial charge in [0.2, 0.25) is 5.91 Å². The molecular weight excluding hydrogens is 344 g/mol. The average Bonchev–Trinajstić information content (AvgIpc) is 2.82. The monoisotopic (exact) mass is 359 g/mol. The number of hydrogen-bond acceptors (Lipinski definition) is 3. The maximum Gasteiger partial charge on any atom is 0.325 e. The third kappa shape index (κ3) is 3.13.